The minimum atomic E-state index is 0.283. The molecule has 0 fully saturated rings. The summed E-state index contributed by atoms with van der Waals surface area (Å²) < 4.78 is 5.48. The highest BCUT2D eigenvalue weighted by molar-refractivity contribution is 5.29. The van der Waals surface area contributed by atoms with Crippen LogP contribution in [0.15, 0.2) is 24.3 Å². The number of hydrogen-bond donors (Lipinski definition) is 0. The van der Waals surface area contributed by atoms with Crippen molar-refractivity contribution in [2.24, 2.45) is 5.41 Å². The molecule has 0 bridgehead atoms. The Morgan fingerprint density at radius 3 is 2.69 bits per heavy atom. The van der Waals surface area contributed by atoms with Crippen LogP contribution in [0.25, 0.3) is 0 Å². The van der Waals surface area contributed by atoms with E-state index in [0.717, 1.165) is 12.2 Å². The van der Waals surface area contributed by atoms with Gasteiger partial charge in [0.15, 0.2) is 0 Å². The van der Waals surface area contributed by atoms with E-state index in [-0.39, 0.29) is 5.41 Å². The second-order valence-corrected chi connectivity index (χ2v) is 5.14. The summed E-state index contributed by atoms with van der Waals surface area (Å²) in [5, 5.41) is 8.42. The zero-order valence-electron chi connectivity index (χ0n) is 10.3. The maximum absolute atomic E-state index is 8.42. The Hall–Kier alpha value is -1.49. The minimum absolute atomic E-state index is 0.283. The summed E-state index contributed by atoms with van der Waals surface area (Å²) in [6.45, 7) is 7.12. The molecule has 0 spiro atoms. The van der Waals surface area contributed by atoms with Gasteiger partial charge in [0.2, 0.25) is 0 Å². The number of ether oxygens (including phenoxy) is 1. The summed E-state index contributed by atoms with van der Waals surface area (Å²) in [7, 11) is 0. The molecule has 16 heavy (non-hydrogen) atoms. The van der Waals surface area contributed by atoms with Crippen LogP contribution in [-0.4, -0.2) is 6.61 Å². The van der Waals surface area contributed by atoms with E-state index in [2.05, 4.69) is 39.0 Å². The molecule has 0 aliphatic heterocycles. The number of rotatable bonds is 4. The summed E-state index contributed by atoms with van der Waals surface area (Å²) in [5.41, 5.74) is 1.56. The molecule has 0 amide bonds. The van der Waals surface area contributed by atoms with Crippen molar-refractivity contribution in [3.05, 3.63) is 29.8 Å². The van der Waals surface area contributed by atoms with Crippen molar-refractivity contribution in [1.82, 2.24) is 0 Å². The topological polar surface area (TPSA) is 33.0 Å². The molecular formula is C14H19NO. The zero-order chi connectivity index (χ0) is 12.0. The molecule has 0 heterocycles. The van der Waals surface area contributed by atoms with Crippen molar-refractivity contribution in [1.29, 1.82) is 5.26 Å². The van der Waals surface area contributed by atoms with Gasteiger partial charge in [0, 0.05) is 0 Å². The van der Waals surface area contributed by atoms with Crippen LogP contribution in [0.1, 0.15) is 32.8 Å². The predicted molar refractivity (Wildman–Crippen MR) is 65.3 cm³/mol. The minimum Gasteiger partial charge on any atom is -0.493 e. The number of nitrogens with zero attached hydrogens (tertiary/aromatic N) is 1. The van der Waals surface area contributed by atoms with Crippen LogP contribution in [0.5, 0.6) is 5.75 Å². The molecule has 0 aliphatic rings. The first-order valence-corrected chi connectivity index (χ1v) is 5.60. The number of benzene rings is 1. The monoisotopic (exact) mass is 217 g/mol. The number of nitriles is 1. The van der Waals surface area contributed by atoms with E-state index < -0.39 is 0 Å². The van der Waals surface area contributed by atoms with E-state index in [1.54, 1.807) is 0 Å². The normalized spacial score (nSPS) is 10.9. The Labute approximate surface area is 97.9 Å². The molecule has 0 N–H and O–H groups in total. The predicted octanol–water partition coefficient (Wildman–Crippen LogP) is 3.57. The van der Waals surface area contributed by atoms with Crippen LogP contribution >= 0.6 is 0 Å². The first-order valence-electron chi connectivity index (χ1n) is 5.60. The van der Waals surface area contributed by atoms with Crippen LogP contribution in [0.2, 0.25) is 0 Å². The molecule has 1 rings (SSSR count). The molecule has 1 aromatic carbocycles. The lowest BCUT2D eigenvalue weighted by molar-refractivity contribution is 0.325. The molecule has 1 aromatic rings. The van der Waals surface area contributed by atoms with Crippen LogP contribution in [-0.2, 0) is 6.42 Å². The fraction of sp³-hybridized carbons (Fsp3) is 0.500. The molecule has 2 nitrogen and oxygen atoms in total. The van der Waals surface area contributed by atoms with Gasteiger partial charge in [-0.2, -0.15) is 5.26 Å². The van der Waals surface area contributed by atoms with Gasteiger partial charge >= 0.3 is 0 Å². The second-order valence-electron chi connectivity index (χ2n) is 5.14. The van der Waals surface area contributed by atoms with E-state index in [0.29, 0.717) is 13.0 Å². The van der Waals surface area contributed by atoms with E-state index in [9.17, 15) is 0 Å². The lowest BCUT2D eigenvalue weighted by atomic mass is 9.88. The highest BCUT2D eigenvalue weighted by atomic mass is 16.5. The van der Waals surface area contributed by atoms with Gasteiger partial charge in [-0.1, -0.05) is 32.9 Å². The molecule has 0 atom stereocenters. The van der Waals surface area contributed by atoms with Crippen LogP contribution < -0.4 is 4.74 Å². The van der Waals surface area contributed by atoms with Gasteiger partial charge in [0.1, 0.15) is 12.4 Å². The van der Waals surface area contributed by atoms with Crippen molar-refractivity contribution < 1.29 is 4.74 Å². The Morgan fingerprint density at radius 1 is 1.31 bits per heavy atom. The quantitative estimate of drug-likeness (QED) is 0.722. The van der Waals surface area contributed by atoms with E-state index in [1.165, 1.54) is 5.56 Å². The second kappa shape index (κ2) is 5.55. The highest BCUT2D eigenvalue weighted by Gasteiger charge is 2.11. The summed E-state index contributed by atoms with van der Waals surface area (Å²) >= 11 is 0. The van der Waals surface area contributed by atoms with E-state index >= 15 is 0 Å². The lowest BCUT2D eigenvalue weighted by Crippen LogP contribution is -2.09. The molecule has 0 radical (unpaired) electrons. The largest absolute Gasteiger partial charge is 0.493 e. The lowest BCUT2D eigenvalue weighted by Gasteiger charge is -2.18. The maximum atomic E-state index is 8.42. The molecule has 0 saturated carbocycles. The van der Waals surface area contributed by atoms with Crippen molar-refractivity contribution in [2.45, 2.75) is 33.6 Å². The number of hydrogen-bond acceptors (Lipinski definition) is 2. The van der Waals surface area contributed by atoms with Gasteiger partial charge in [-0.3, -0.25) is 0 Å². The third-order valence-corrected chi connectivity index (χ3v) is 2.12. The van der Waals surface area contributed by atoms with Crippen LogP contribution in [0, 0.1) is 16.7 Å². The maximum Gasteiger partial charge on any atom is 0.119 e. The van der Waals surface area contributed by atoms with Gasteiger partial charge in [-0.15, -0.1) is 0 Å². The molecule has 0 saturated heterocycles. The Bertz CT molecular complexity index is 371. The molecule has 0 aromatic heterocycles. The van der Waals surface area contributed by atoms with E-state index in [4.69, 9.17) is 10.00 Å². The molecule has 86 valence electrons. The summed E-state index contributed by atoms with van der Waals surface area (Å²) in [4.78, 5) is 0. The first-order chi connectivity index (χ1) is 7.51. The van der Waals surface area contributed by atoms with Crippen molar-refractivity contribution in [2.75, 3.05) is 6.61 Å². The highest BCUT2D eigenvalue weighted by Crippen LogP contribution is 2.23. The Kier molecular flexibility index (Phi) is 4.37. The Balaban J connectivity index is 2.61. The summed E-state index contributed by atoms with van der Waals surface area (Å²) in [6.07, 6.45) is 1.46. The molecular weight excluding hydrogens is 198 g/mol. The van der Waals surface area contributed by atoms with Crippen molar-refractivity contribution in [3.63, 3.8) is 0 Å². The molecule has 0 unspecified atom stereocenters. The third kappa shape index (κ3) is 4.84. The Morgan fingerprint density at radius 2 is 2.06 bits per heavy atom. The van der Waals surface area contributed by atoms with Crippen LogP contribution in [0.4, 0.5) is 0 Å². The SMILES string of the molecule is CC(C)(C)Cc1cccc(OCCC#N)c1. The molecule has 2 heteroatoms. The van der Waals surface area contributed by atoms with Gasteiger partial charge in [0.25, 0.3) is 0 Å². The van der Waals surface area contributed by atoms with Gasteiger partial charge in [-0.05, 0) is 29.5 Å². The zero-order valence-corrected chi connectivity index (χ0v) is 10.3. The van der Waals surface area contributed by atoms with Gasteiger partial charge < -0.3 is 4.74 Å². The van der Waals surface area contributed by atoms with Crippen LogP contribution in [0.3, 0.4) is 0 Å². The fourth-order valence-corrected chi connectivity index (χ4v) is 1.57. The molecule has 0 aliphatic carbocycles. The third-order valence-electron chi connectivity index (χ3n) is 2.12. The summed E-state index contributed by atoms with van der Waals surface area (Å²) in [6, 6.07) is 10.2. The first kappa shape index (κ1) is 12.6. The smallest absolute Gasteiger partial charge is 0.119 e. The average Bonchev–Trinajstić information content (AvgIpc) is 2.16. The van der Waals surface area contributed by atoms with Gasteiger partial charge in [-0.25, -0.2) is 0 Å². The van der Waals surface area contributed by atoms with Crippen molar-refractivity contribution >= 4 is 0 Å². The fourth-order valence-electron chi connectivity index (χ4n) is 1.57. The average molecular weight is 217 g/mol. The summed E-state index contributed by atoms with van der Waals surface area (Å²) in [5.74, 6) is 0.858. The van der Waals surface area contributed by atoms with E-state index in [1.807, 2.05) is 12.1 Å². The standard InChI is InChI=1S/C14H19NO/c1-14(2,3)11-12-6-4-7-13(10-12)16-9-5-8-15/h4,6-7,10H,5,9,11H2,1-3H3. The van der Waals surface area contributed by atoms with Gasteiger partial charge in [0.05, 0.1) is 12.5 Å². The van der Waals surface area contributed by atoms with Crippen molar-refractivity contribution in [3.8, 4) is 11.8 Å².